The zero-order valence-corrected chi connectivity index (χ0v) is 11.4. The first-order valence-corrected chi connectivity index (χ1v) is 7.35. The molecule has 5 nitrogen and oxygen atoms in total. The van der Waals surface area contributed by atoms with Gasteiger partial charge in [0.15, 0.2) is 0 Å². The average Bonchev–Trinajstić information content (AvgIpc) is 2.85. The molecule has 0 amide bonds. The Balaban J connectivity index is 2.07. The summed E-state index contributed by atoms with van der Waals surface area (Å²) in [6.45, 7) is 2.02. The van der Waals surface area contributed by atoms with Crippen LogP contribution >= 0.6 is 0 Å². The Labute approximate surface area is 112 Å². The summed E-state index contributed by atoms with van der Waals surface area (Å²) in [6.07, 6.45) is 2.07. The Bertz CT molecular complexity index is 649. The predicted octanol–water partition coefficient (Wildman–Crippen LogP) is 1.69. The SMILES string of the molecule is Cc1ccc(N)cc1S(=O)(=O)NCCc1ccco1. The summed E-state index contributed by atoms with van der Waals surface area (Å²) in [5, 5.41) is 0. The lowest BCUT2D eigenvalue weighted by molar-refractivity contribution is 0.506. The molecule has 2 rings (SSSR count). The molecular formula is C13H16N2O3S. The van der Waals surface area contributed by atoms with E-state index >= 15 is 0 Å². The smallest absolute Gasteiger partial charge is 0.240 e. The molecule has 0 atom stereocenters. The van der Waals surface area contributed by atoms with Gasteiger partial charge in [0.25, 0.3) is 0 Å². The zero-order valence-electron chi connectivity index (χ0n) is 10.6. The Hall–Kier alpha value is -1.79. The van der Waals surface area contributed by atoms with E-state index in [0.29, 0.717) is 17.7 Å². The maximum absolute atomic E-state index is 12.1. The normalized spacial score (nSPS) is 11.6. The molecule has 0 aliphatic rings. The van der Waals surface area contributed by atoms with Crippen LogP contribution in [0.4, 0.5) is 5.69 Å². The van der Waals surface area contributed by atoms with Gasteiger partial charge in [-0.25, -0.2) is 13.1 Å². The Morgan fingerprint density at radius 2 is 2.11 bits per heavy atom. The number of hydrogen-bond donors (Lipinski definition) is 2. The Morgan fingerprint density at radius 3 is 2.79 bits per heavy atom. The van der Waals surface area contributed by atoms with Crippen molar-refractivity contribution in [2.75, 3.05) is 12.3 Å². The highest BCUT2D eigenvalue weighted by Crippen LogP contribution is 2.18. The first-order valence-electron chi connectivity index (χ1n) is 5.87. The number of sulfonamides is 1. The zero-order chi connectivity index (χ0) is 13.9. The van der Waals surface area contributed by atoms with Crippen LogP contribution in [0.5, 0.6) is 0 Å². The summed E-state index contributed by atoms with van der Waals surface area (Å²) in [6, 6.07) is 8.41. The summed E-state index contributed by atoms with van der Waals surface area (Å²) < 4.78 is 32.0. The van der Waals surface area contributed by atoms with Crippen molar-refractivity contribution in [2.24, 2.45) is 0 Å². The van der Waals surface area contributed by atoms with Crippen LogP contribution < -0.4 is 10.5 Å². The van der Waals surface area contributed by atoms with Crippen LogP contribution in [0.2, 0.25) is 0 Å². The van der Waals surface area contributed by atoms with E-state index in [1.54, 1.807) is 37.5 Å². The van der Waals surface area contributed by atoms with E-state index in [4.69, 9.17) is 10.2 Å². The van der Waals surface area contributed by atoms with Crippen molar-refractivity contribution in [1.29, 1.82) is 0 Å². The monoisotopic (exact) mass is 280 g/mol. The number of aryl methyl sites for hydroxylation is 1. The van der Waals surface area contributed by atoms with Crippen LogP contribution in [0, 0.1) is 6.92 Å². The van der Waals surface area contributed by atoms with Crippen molar-refractivity contribution in [3.63, 3.8) is 0 Å². The maximum Gasteiger partial charge on any atom is 0.240 e. The molecule has 0 aliphatic carbocycles. The van der Waals surface area contributed by atoms with Gasteiger partial charge in [-0.05, 0) is 36.8 Å². The van der Waals surface area contributed by atoms with Crippen molar-refractivity contribution in [3.8, 4) is 0 Å². The molecule has 1 heterocycles. The molecule has 6 heteroatoms. The van der Waals surface area contributed by atoms with Gasteiger partial charge in [-0.1, -0.05) is 6.07 Å². The van der Waals surface area contributed by atoms with Gasteiger partial charge in [-0.15, -0.1) is 0 Å². The van der Waals surface area contributed by atoms with Crippen LogP contribution in [0.25, 0.3) is 0 Å². The topological polar surface area (TPSA) is 85.3 Å². The summed E-state index contributed by atoms with van der Waals surface area (Å²) in [7, 11) is -3.54. The van der Waals surface area contributed by atoms with Crippen LogP contribution in [0.15, 0.2) is 45.9 Å². The van der Waals surface area contributed by atoms with Crippen molar-refractivity contribution in [1.82, 2.24) is 4.72 Å². The van der Waals surface area contributed by atoms with E-state index in [2.05, 4.69) is 4.72 Å². The summed E-state index contributed by atoms with van der Waals surface area (Å²) in [5.74, 6) is 0.743. The van der Waals surface area contributed by atoms with Crippen molar-refractivity contribution in [2.45, 2.75) is 18.2 Å². The highest BCUT2D eigenvalue weighted by molar-refractivity contribution is 7.89. The third-order valence-corrected chi connectivity index (χ3v) is 4.35. The van der Waals surface area contributed by atoms with Crippen LogP contribution in [-0.2, 0) is 16.4 Å². The number of rotatable bonds is 5. The number of furan rings is 1. The maximum atomic E-state index is 12.1. The highest BCUT2D eigenvalue weighted by Gasteiger charge is 2.16. The fraction of sp³-hybridized carbons (Fsp3) is 0.231. The van der Waals surface area contributed by atoms with Gasteiger partial charge in [0.05, 0.1) is 11.2 Å². The predicted molar refractivity (Wildman–Crippen MR) is 73.2 cm³/mol. The second kappa shape index (κ2) is 5.46. The van der Waals surface area contributed by atoms with Gasteiger partial charge in [-0.3, -0.25) is 0 Å². The minimum absolute atomic E-state index is 0.215. The number of anilines is 1. The molecule has 3 N–H and O–H groups in total. The van der Waals surface area contributed by atoms with Gasteiger partial charge < -0.3 is 10.2 Å². The molecule has 0 unspecified atom stereocenters. The molecule has 102 valence electrons. The second-order valence-electron chi connectivity index (χ2n) is 4.25. The molecule has 0 fully saturated rings. The van der Waals surface area contributed by atoms with E-state index in [-0.39, 0.29) is 11.4 Å². The van der Waals surface area contributed by atoms with Gasteiger partial charge in [0.1, 0.15) is 5.76 Å². The van der Waals surface area contributed by atoms with Gasteiger partial charge in [0, 0.05) is 18.7 Å². The fourth-order valence-electron chi connectivity index (χ4n) is 1.75. The number of hydrogen-bond acceptors (Lipinski definition) is 4. The van der Waals surface area contributed by atoms with Crippen LogP contribution in [-0.4, -0.2) is 15.0 Å². The quantitative estimate of drug-likeness (QED) is 0.816. The first kappa shape index (κ1) is 13.6. The molecule has 1 aromatic carbocycles. The molecule has 0 aliphatic heterocycles. The molecule has 19 heavy (non-hydrogen) atoms. The molecule has 1 aromatic heterocycles. The van der Waals surface area contributed by atoms with E-state index in [9.17, 15) is 8.42 Å². The second-order valence-corrected chi connectivity index (χ2v) is 5.99. The number of benzene rings is 1. The summed E-state index contributed by atoms with van der Waals surface area (Å²) in [4.78, 5) is 0.215. The van der Waals surface area contributed by atoms with E-state index < -0.39 is 10.0 Å². The lowest BCUT2D eigenvalue weighted by atomic mass is 10.2. The van der Waals surface area contributed by atoms with Gasteiger partial charge in [-0.2, -0.15) is 0 Å². The van der Waals surface area contributed by atoms with E-state index in [1.165, 1.54) is 6.07 Å². The van der Waals surface area contributed by atoms with Crippen LogP contribution in [0.1, 0.15) is 11.3 Å². The van der Waals surface area contributed by atoms with Gasteiger partial charge in [0.2, 0.25) is 10.0 Å². The standard InChI is InChI=1S/C13H16N2O3S/c1-10-4-5-11(14)9-13(10)19(16,17)15-7-6-12-3-2-8-18-12/h2-5,8-9,15H,6-7,14H2,1H3. The minimum Gasteiger partial charge on any atom is -0.469 e. The fourth-order valence-corrected chi connectivity index (χ4v) is 3.06. The molecular weight excluding hydrogens is 264 g/mol. The third kappa shape index (κ3) is 3.36. The molecule has 0 saturated carbocycles. The van der Waals surface area contributed by atoms with Crippen molar-refractivity contribution in [3.05, 3.63) is 47.9 Å². The molecule has 0 spiro atoms. The van der Waals surface area contributed by atoms with Crippen LogP contribution in [0.3, 0.4) is 0 Å². The van der Waals surface area contributed by atoms with Crippen molar-refractivity contribution >= 4 is 15.7 Å². The average molecular weight is 280 g/mol. The molecule has 0 bridgehead atoms. The lowest BCUT2D eigenvalue weighted by Crippen LogP contribution is -2.26. The van der Waals surface area contributed by atoms with E-state index in [1.807, 2.05) is 0 Å². The number of nitrogen functional groups attached to an aromatic ring is 1. The third-order valence-electron chi connectivity index (χ3n) is 2.75. The minimum atomic E-state index is -3.54. The van der Waals surface area contributed by atoms with E-state index in [0.717, 1.165) is 5.76 Å². The summed E-state index contributed by atoms with van der Waals surface area (Å²) in [5.41, 5.74) is 6.72. The molecule has 2 aromatic rings. The largest absolute Gasteiger partial charge is 0.469 e. The summed E-state index contributed by atoms with van der Waals surface area (Å²) >= 11 is 0. The number of nitrogens with two attached hydrogens (primary N) is 1. The van der Waals surface area contributed by atoms with Gasteiger partial charge >= 0.3 is 0 Å². The Morgan fingerprint density at radius 1 is 1.32 bits per heavy atom. The Kier molecular flexibility index (Phi) is 3.92. The van der Waals surface area contributed by atoms with Crippen molar-refractivity contribution < 1.29 is 12.8 Å². The lowest BCUT2D eigenvalue weighted by Gasteiger charge is -2.09. The number of nitrogens with one attached hydrogen (secondary N) is 1. The highest BCUT2D eigenvalue weighted by atomic mass is 32.2. The molecule has 0 radical (unpaired) electrons. The molecule has 0 saturated heterocycles. The first-order chi connectivity index (χ1) is 8.99.